The van der Waals surface area contributed by atoms with Crippen molar-refractivity contribution in [1.29, 1.82) is 0 Å². The maximum absolute atomic E-state index is 11.5. The number of carbonyl (C=O) groups is 1. The smallest absolute Gasteiger partial charge is 0.274 e. The second kappa shape index (κ2) is 9.13. The van der Waals surface area contributed by atoms with E-state index >= 15 is 0 Å². The van der Waals surface area contributed by atoms with Crippen LogP contribution in [0.4, 0.5) is 5.69 Å². The number of hydrogen-bond donors (Lipinski definition) is 3. The summed E-state index contributed by atoms with van der Waals surface area (Å²) in [5, 5.41) is 20.2. The lowest BCUT2D eigenvalue weighted by Gasteiger charge is -2.47. The number of benzene rings is 1. The number of pyridine rings is 1. The fourth-order valence-corrected chi connectivity index (χ4v) is 4.81. The van der Waals surface area contributed by atoms with Crippen molar-refractivity contribution >= 4 is 22.6 Å². The first-order valence-corrected chi connectivity index (χ1v) is 11.4. The Morgan fingerprint density at radius 2 is 1.79 bits per heavy atom. The van der Waals surface area contributed by atoms with Gasteiger partial charge >= 0.3 is 0 Å². The van der Waals surface area contributed by atoms with Crippen molar-refractivity contribution in [3.8, 4) is 0 Å². The Hall–Kier alpha value is -2.94. The number of aromatic nitrogens is 2. The molecule has 3 aromatic rings. The lowest BCUT2D eigenvalue weighted by molar-refractivity contribution is 0.00250. The molecule has 0 unspecified atom stereocenters. The Balaban J connectivity index is 1.55. The summed E-state index contributed by atoms with van der Waals surface area (Å²) in [7, 11) is 0. The van der Waals surface area contributed by atoms with E-state index in [9.17, 15) is 9.90 Å². The van der Waals surface area contributed by atoms with Crippen LogP contribution in [0.5, 0.6) is 0 Å². The molecule has 0 bridgehead atoms. The second-order valence-electron chi connectivity index (χ2n) is 9.74. The van der Waals surface area contributed by atoms with Crippen LogP contribution in [0.3, 0.4) is 0 Å². The van der Waals surface area contributed by atoms with Crippen molar-refractivity contribution in [3.63, 3.8) is 0 Å². The third kappa shape index (κ3) is 5.03. The van der Waals surface area contributed by atoms with E-state index in [4.69, 9.17) is 5.21 Å². The highest BCUT2D eigenvalue weighted by molar-refractivity contribution is 5.93. The number of aliphatic hydroxyl groups is 1. The third-order valence-electron chi connectivity index (χ3n) is 6.32. The molecule has 2 aromatic heterocycles. The molecule has 0 radical (unpaired) electrons. The van der Waals surface area contributed by atoms with Crippen LogP contribution in [0.2, 0.25) is 0 Å². The predicted molar refractivity (Wildman–Crippen MR) is 129 cm³/mol. The Morgan fingerprint density at radius 3 is 2.39 bits per heavy atom. The van der Waals surface area contributed by atoms with Gasteiger partial charge in [-0.2, -0.15) is 0 Å². The monoisotopic (exact) mass is 451 g/mol. The van der Waals surface area contributed by atoms with E-state index in [2.05, 4.69) is 45.3 Å². The van der Waals surface area contributed by atoms with Gasteiger partial charge in [0.1, 0.15) is 5.65 Å². The van der Waals surface area contributed by atoms with E-state index in [1.165, 1.54) is 5.69 Å². The molecule has 1 saturated heterocycles. The number of nitrogens with zero attached hydrogens (tertiary/aromatic N) is 4. The molecule has 1 aromatic carbocycles. The fourth-order valence-electron chi connectivity index (χ4n) is 4.81. The van der Waals surface area contributed by atoms with Crippen molar-refractivity contribution in [1.82, 2.24) is 19.9 Å². The zero-order chi connectivity index (χ0) is 23.8. The van der Waals surface area contributed by atoms with Crippen molar-refractivity contribution in [2.75, 3.05) is 24.5 Å². The molecule has 1 amide bonds. The maximum atomic E-state index is 11.5. The number of β-amino-alcohol motifs (C(OH)–C–C–N with tert-alkyl or cyclic N) is 1. The van der Waals surface area contributed by atoms with Crippen molar-refractivity contribution in [2.24, 2.45) is 0 Å². The lowest BCUT2D eigenvalue weighted by atomic mass is 10.0. The number of amides is 1. The number of piperazine rings is 1. The predicted octanol–water partition coefficient (Wildman–Crippen LogP) is 2.87. The van der Waals surface area contributed by atoms with Gasteiger partial charge in [0.15, 0.2) is 0 Å². The van der Waals surface area contributed by atoms with Crippen molar-refractivity contribution in [2.45, 2.75) is 51.9 Å². The Labute approximate surface area is 194 Å². The van der Waals surface area contributed by atoms with Gasteiger partial charge in [-0.3, -0.25) is 14.9 Å². The van der Waals surface area contributed by atoms with E-state index in [-0.39, 0.29) is 0 Å². The van der Waals surface area contributed by atoms with E-state index in [1.807, 2.05) is 38.4 Å². The minimum atomic E-state index is -0.716. The highest BCUT2D eigenvalue weighted by atomic mass is 16.5. The first kappa shape index (κ1) is 23.2. The fraction of sp³-hybridized carbons (Fsp3) is 0.440. The van der Waals surface area contributed by atoms with Gasteiger partial charge in [-0.05, 0) is 57.5 Å². The SMILES string of the molecule is C[C@@H]1CN(c2ccnc3c2ccn3Cc2ccc(C(=O)NO)cc2)C[C@H](C)N1CC(C)(C)O. The van der Waals surface area contributed by atoms with Gasteiger partial charge in [0.25, 0.3) is 5.91 Å². The van der Waals surface area contributed by atoms with Gasteiger partial charge < -0.3 is 14.6 Å². The van der Waals surface area contributed by atoms with Crippen LogP contribution in [0.15, 0.2) is 48.8 Å². The van der Waals surface area contributed by atoms with Crippen LogP contribution in [-0.4, -0.2) is 68.0 Å². The summed E-state index contributed by atoms with van der Waals surface area (Å²) in [6, 6.07) is 12.0. The highest BCUT2D eigenvalue weighted by Gasteiger charge is 2.33. The summed E-state index contributed by atoms with van der Waals surface area (Å²) in [5.41, 5.74) is 4.48. The van der Waals surface area contributed by atoms with Crippen LogP contribution in [-0.2, 0) is 6.54 Å². The van der Waals surface area contributed by atoms with E-state index in [1.54, 1.807) is 17.6 Å². The summed E-state index contributed by atoms with van der Waals surface area (Å²) in [4.78, 5) is 21.0. The molecular formula is C25H33N5O3. The second-order valence-corrected chi connectivity index (χ2v) is 9.74. The molecular weight excluding hydrogens is 418 g/mol. The third-order valence-corrected chi connectivity index (χ3v) is 6.32. The van der Waals surface area contributed by atoms with Crippen LogP contribution in [0, 0.1) is 0 Å². The molecule has 176 valence electrons. The summed E-state index contributed by atoms with van der Waals surface area (Å²) in [6.45, 7) is 11.2. The molecule has 1 aliphatic rings. The number of carbonyl (C=O) groups excluding carboxylic acids is 1. The molecule has 4 rings (SSSR count). The summed E-state index contributed by atoms with van der Waals surface area (Å²) in [6.07, 6.45) is 3.91. The zero-order valence-electron chi connectivity index (χ0n) is 19.7. The molecule has 0 aliphatic carbocycles. The van der Waals surface area contributed by atoms with Crippen molar-refractivity contribution < 1.29 is 15.1 Å². The molecule has 1 aliphatic heterocycles. The molecule has 1 fully saturated rings. The molecule has 3 heterocycles. The van der Waals surface area contributed by atoms with E-state index in [0.29, 0.717) is 30.7 Å². The van der Waals surface area contributed by atoms with E-state index < -0.39 is 11.5 Å². The molecule has 3 N–H and O–H groups in total. The average molecular weight is 452 g/mol. The molecule has 33 heavy (non-hydrogen) atoms. The van der Waals surface area contributed by atoms with Gasteiger partial charge in [-0.1, -0.05) is 12.1 Å². The first-order chi connectivity index (χ1) is 15.7. The quantitative estimate of drug-likeness (QED) is 0.394. The standard InChI is InChI=1S/C25H33N5O3/c1-17-13-29(14-18(2)30(17)16-25(3,4)32)22-9-11-26-23-21(22)10-12-28(23)15-19-5-7-20(8-6-19)24(31)27-33/h5-12,17-18,32-33H,13-16H2,1-4H3,(H,27,31)/t17-,18+. The highest BCUT2D eigenvalue weighted by Crippen LogP contribution is 2.30. The van der Waals surface area contributed by atoms with Gasteiger partial charge in [0.2, 0.25) is 0 Å². The summed E-state index contributed by atoms with van der Waals surface area (Å²) < 4.78 is 2.11. The van der Waals surface area contributed by atoms with Crippen LogP contribution in [0.25, 0.3) is 11.0 Å². The number of anilines is 1. The lowest BCUT2D eigenvalue weighted by Crippen LogP contribution is -2.59. The Bertz CT molecular complexity index is 1110. The molecule has 0 spiro atoms. The topological polar surface area (TPSA) is 93.9 Å². The molecule has 2 atom stereocenters. The molecule has 0 saturated carbocycles. The van der Waals surface area contributed by atoms with Crippen LogP contribution >= 0.6 is 0 Å². The molecule has 8 nitrogen and oxygen atoms in total. The van der Waals surface area contributed by atoms with Gasteiger partial charge in [0, 0.05) is 67.3 Å². The number of hydroxylamine groups is 1. The van der Waals surface area contributed by atoms with Crippen LogP contribution < -0.4 is 10.4 Å². The van der Waals surface area contributed by atoms with E-state index in [0.717, 1.165) is 29.7 Å². The summed E-state index contributed by atoms with van der Waals surface area (Å²) in [5.74, 6) is -0.523. The number of nitrogens with one attached hydrogen (secondary N) is 1. The Morgan fingerprint density at radius 1 is 1.12 bits per heavy atom. The molecule has 8 heteroatoms. The maximum Gasteiger partial charge on any atom is 0.274 e. The van der Waals surface area contributed by atoms with Gasteiger partial charge in [-0.15, -0.1) is 0 Å². The zero-order valence-corrected chi connectivity index (χ0v) is 19.7. The minimum Gasteiger partial charge on any atom is -0.389 e. The van der Waals surface area contributed by atoms with Crippen molar-refractivity contribution in [3.05, 3.63) is 59.9 Å². The summed E-state index contributed by atoms with van der Waals surface area (Å²) >= 11 is 0. The minimum absolute atomic E-state index is 0.320. The number of fused-ring (bicyclic) bond motifs is 1. The number of rotatable bonds is 6. The normalized spacial score (nSPS) is 19.8. The first-order valence-electron chi connectivity index (χ1n) is 11.4. The van der Waals surface area contributed by atoms with Gasteiger partial charge in [-0.25, -0.2) is 10.5 Å². The number of hydrogen-bond acceptors (Lipinski definition) is 6. The average Bonchev–Trinajstić information content (AvgIpc) is 3.18. The van der Waals surface area contributed by atoms with Crippen LogP contribution in [0.1, 0.15) is 43.6 Å². The largest absolute Gasteiger partial charge is 0.389 e. The van der Waals surface area contributed by atoms with Gasteiger partial charge in [0.05, 0.1) is 5.60 Å². The Kier molecular flexibility index (Phi) is 6.43.